The molecule has 1 aromatic carbocycles. The molecule has 1 unspecified atom stereocenters. The Morgan fingerprint density at radius 3 is 2.94 bits per heavy atom. The van der Waals surface area contributed by atoms with Crippen LogP contribution in [-0.4, -0.2) is 25.0 Å². The number of amidine groups is 1. The number of ether oxygens (including phenoxy) is 1. The molecule has 1 aliphatic heterocycles. The van der Waals surface area contributed by atoms with Gasteiger partial charge < -0.3 is 10.1 Å². The van der Waals surface area contributed by atoms with Crippen LogP contribution in [0.25, 0.3) is 0 Å². The van der Waals surface area contributed by atoms with Crippen molar-refractivity contribution in [2.45, 2.75) is 32.8 Å². The van der Waals surface area contributed by atoms with Crippen LogP contribution in [0.4, 0.5) is 0 Å². The summed E-state index contributed by atoms with van der Waals surface area (Å²) >= 11 is 0. The molecule has 1 heterocycles. The summed E-state index contributed by atoms with van der Waals surface area (Å²) in [5.74, 6) is 1.89. The maximum Gasteiger partial charge on any atom is 0.132 e. The predicted molar refractivity (Wildman–Crippen MR) is 70.8 cm³/mol. The van der Waals surface area contributed by atoms with Crippen molar-refractivity contribution in [1.82, 2.24) is 5.32 Å². The third-order valence-electron chi connectivity index (χ3n) is 2.94. The molecule has 0 aromatic heterocycles. The van der Waals surface area contributed by atoms with Gasteiger partial charge in [-0.15, -0.1) is 0 Å². The van der Waals surface area contributed by atoms with Crippen LogP contribution in [0.1, 0.15) is 32.3 Å². The van der Waals surface area contributed by atoms with Gasteiger partial charge >= 0.3 is 0 Å². The van der Waals surface area contributed by atoms with Crippen LogP contribution in [-0.2, 0) is 0 Å². The lowest BCUT2D eigenvalue weighted by Crippen LogP contribution is -2.30. The number of benzene rings is 1. The predicted octanol–water partition coefficient (Wildman–Crippen LogP) is 2.60. The second kappa shape index (κ2) is 5.71. The highest BCUT2D eigenvalue weighted by molar-refractivity contribution is 6.01. The van der Waals surface area contributed by atoms with Crippen LogP contribution >= 0.6 is 0 Å². The van der Waals surface area contributed by atoms with Gasteiger partial charge in [-0.2, -0.15) is 0 Å². The normalized spacial score (nSPS) is 16.9. The molecule has 0 saturated heterocycles. The number of hydrogen-bond donors (Lipinski definition) is 1. The molecule has 0 fully saturated rings. The van der Waals surface area contributed by atoms with E-state index in [2.05, 4.69) is 30.2 Å². The number of nitrogens with one attached hydrogen (secondary N) is 1. The molecule has 1 aromatic rings. The Balaban J connectivity index is 2.23. The molecule has 0 radical (unpaired) electrons. The van der Waals surface area contributed by atoms with E-state index in [9.17, 15) is 0 Å². The number of hydrogen-bond acceptors (Lipinski definition) is 3. The van der Waals surface area contributed by atoms with Crippen LogP contribution in [0.5, 0.6) is 5.75 Å². The maximum atomic E-state index is 5.93. The van der Waals surface area contributed by atoms with Gasteiger partial charge in [-0.3, -0.25) is 4.99 Å². The highest BCUT2D eigenvalue weighted by Gasteiger charge is 2.13. The summed E-state index contributed by atoms with van der Waals surface area (Å²) in [4.78, 5) is 4.52. The fraction of sp³-hybridized carbons (Fsp3) is 0.500. The van der Waals surface area contributed by atoms with E-state index < -0.39 is 0 Å². The molecule has 0 spiro atoms. The van der Waals surface area contributed by atoms with Crippen molar-refractivity contribution in [1.29, 1.82) is 0 Å². The Morgan fingerprint density at radius 2 is 2.24 bits per heavy atom. The van der Waals surface area contributed by atoms with E-state index in [0.717, 1.165) is 43.1 Å². The Bertz CT molecular complexity index is 401. The molecule has 1 atom stereocenters. The largest absolute Gasteiger partial charge is 0.490 e. The Morgan fingerprint density at radius 1 is 1.41 bits per heavy atom. The lowest BCUT2D eigenvalue weighted by atomic mass is 10.1. The second-order valence-corrected chi connectivity index (χ2v) is 4.34. The first-order valence-electron chi connectivity index (χ1n) is 6.35. The lowest BCUT2D eigenvalue weighted by Gasteiger charge is -2.19. The van der Waals surface area contributed by atoms with Crippen molar-refractivity contribution in [2.75, 3.05) is 13.1 Å². The van der Waals surface area contributed by atoms with Crippen LogP contribution in [0.3, 0.4) is 0 Å². The van der Waals surface area contributed by atoms with Gasteiger partial charge in [0.15, 0.2) is 0 Å². The van der Waals surface area contributed by atoms with Crippen LogP contribution < -0.4 is 10.1 Å². The summed E-state index contributed by atoms with van der Waals surface area (Å²) in [6, 6.07) is 8.11. The molecule has 2 rings (SSSR count). The first-order chi connectivity index (χ1) is 8.31. The zero-order chi connectivity index (χ0) is 12.1. The summed E-state index contributed by atoms with van der Waals surface area (Å²) in [5, 5.41) is 3.34. The minimum Gasteiger partial charge on any atom is -0.490 e. The SMILES string of the molecule is CCC(C)Oc1ccccc1C1=NCCCN1. The van der Waals surface area contributed by atoms with E-state index in [4.69, 9.17) is 4.74 Å². The van der Waals surface area contributed by atoms with Gasteiger partial charge in [0.2, 0.25) is 0 Å². The van der Waals surface area contributed by atoms with E-state index in [-0.39, 0.29) is 6.10 Å². The number of rotatable bonds is 4. The van der Waals surface area contributed by atoms with Gasteiger partial charge in [-0.1, -0.05) is 19.1 Å². The third-order valence-corrected chi connectivity index (χ3v) is 2.94. The molecule has 3 heteroatoms. The minimum absolute atomic E-state index is 0.236. The van der Waals surface area contributed by atoms with Gasteiger partial charge in [-0.05, 0) is 31.9 Å². The lowest BCUT2D eigenvalue weighted by molar-refractivity contribution is 0.217. The van der Waals surface area contributed by atoms with E-state index in [1.807, 2.05) is 18.2 Å². The number of para-hydroxylation sites is 1. The molecule has 1 aliphatic rings. The number of aliphatic imine (C=N–C) groups is 1. The fourth-order valence-corrected chi connectivity index (χ4v) is 1.78. The van der Waals surface area contributed by atoms with Crippen molar-refractivity contribution < 1.29 is 4.74 Å². The zero-order valence-electron chi connectivity index (χ0n) is 10.6. The fourth-order valence-electron chi connectivity index (χ4n) is 1.78. The molecule has 1 N–H and O–H groups in total. The quantitative estimate of drug-likeness (QED) is 0.865. The first-order valence-corrected chi connectivity index (χ1v) is 6.35. The highest BCUT2D eigenvalue weighted by Crippen LogP contribution is 2.21. The van der Waals surface area contributed by atoms with Gasteiger partial charge in [0.25, 0.3) is 0 Å². The van der Waals surface area contributed by atoms with Crippen molar-refractivity contribution >= 4 is 5.84 Å². The van der Waals surface area contributed by atoms with Crippen molar-refractivity contribution in [3.8, 4) is 5.75 Å². The van der Waals surface area contributed by atoms with Crippen molar-refractivity contribution in [3.63, 3.8) is 0 Å². The number of nitrogens with zero attached hydrogens (tertiary/aromatic N) is 1. The molecular formula is C14H20N2O. The average molecular weight is 232 g/mol. The summed E-state index contributed by atoms with van der Waals surface area (Å²) in [6.07, 6.45) is 2.35. The molecule has 0 amide bonds. The minimum atomic E-state index is 0.236. The molecule has 3 nitrogen and oxygen atoms in total. The summed E-state index contributed by atoms with van der Waals surface area (Å²) in [6.45, 7) is 6.12. The van der Waals surface area contributed by atoms with E-state index in [0.29, 0.717) is 0 Å². The Kier molecular flexibility index (Phi) is 4.02. The third kappa shape index (κ3) is 2.99. The topological polar surface area (TPSA) is 33.6 Å². The summed E-state index contributed by atoms with van der Waals surface area (Å²) in [5.41, 5.74) is 1.08. The van der Waals surface area contributed by atoms with E-state index in [1.165, 1.54) is 0 Å². The van der Waals surface area contributed by atoms with Crippen LogP contribution in [0, 0.1) is 0 Å². The molecule has 0 bridgehead atoms. The summed E-state index contributed by atoms with van der Waals surface area (Å²) in [7, 11) is 0. The monoisotopic (exact) mass is 232 g/mol. The first kappa shape index (κ1) is 12.0. The van der Waals surface area contributed by atoms with Crippen molar-refractivity contribution in [3.05, 3.63) is 29.8 Å². The van der Waals surface area contributed by atoms with E-state index >= 15 is 0 Å². The van der Waals surface area contributed by atoms with Crippen molar-refractivity contribution in [2.24, 2.45) is 4.99 Å². The van der Waals surface area contributed by atoms with Crippen LogP contribution in [0.15, 0.2) is 29.3 Å². The Hall–Kier alpha value is -1.51. The van der Waals surface area contributed by atoms with Gasteiger partial charge in [-0.25, -0.2) is 0 Å². The standard InChI is InChI=1S/C14H20N2O/c1-3-11(2)17-13-8-5-4-7-12(13)14-15-9-6-10-16-14/h4-5,7-8,11H,3,6,9-10H2,1-2H3,(H,15,16). The zero-order valence-corrected chi connectivity index (χ0v) is 10.6. The van der Waals surface area contributed by atoms with Gasteiger partial charge in [0, 0.05) is 13.1 Å². The molecule has 17 heavy (non-hydrogen) atoms. The Labute approximate surface area is 103 Å². The second-order valence-electron chi connectivity index (χ2n) is 4.34. The highest BCUT2D eigenvalue weighted by atomic mass is 16.5. The van der Waals surface area contributed by atoms with Crippen LogP contribution in [0.2, 0.25) is 0 Å². The maximum absolute atomic E-state index is 5.93. The molecular weight excluding hydrogens is 212 g/mol. The molecule has 0 saturated carbocycles. The molecule has 0 aliphatic carbocycles. The molecule has 92 valence electrons. The van der Waals surface area contributed by atoms with Gasteiger partial charge in [0.1, 0.15) is 11.6 Å². The summed E-state index contributed by atoms with van der Waals surface area (Å²) < 4.78 is 5.93. The van der Waals surface area contributed by atoms with Gasteiger partial charge in [0.05, 0.1) is 11.7 Å². The average Bonchev–Trinajstić information content (AvgIpc) is 2.40. The smallest absolute Gasteiger partial charge is 0.132 e. The van der Waals surface area contributed by atoms with E-state index in [1.54, 1.807) is 0 Å².